The average Bonchev–Trinajstić information content (AvgIpc) is 2.58. The van der Waals surface area contributed by atoms with E-state index in [4.69, 9.17) is 13.9 Å². The number of para-hydroxylation sites is 2. The van der Waals surface area contributed by atoms with E-state index in [1.54, 1.807) is 36.4 Å². The highest BCUT2D eigenvalue weighted by molar-refractivity contribution is 5.83. The van der Waals surface area contributed by atoms with E-state index in [2.05, 4.69) is 0 Å². The second-order valence-corrected chi connectivity index (χ2v) is 5.01. The Morgan fingerprint density at radius 2 is 1.91 bits per heavy atom. The zero-order chi connectivity index (χ0) is 15.1. The van der Waals surface area contributed by atoms with Crippen molar-refractivity contribution in [2.24, 2.45) is 0 Å². The molecule has 110 valence electrons. The second kappa shape index (κ2) is 4.89. The van der Waals surface area contributed by atoms with Crippen molar-refractivity contribution < 1.29 is 19.0 Å². The van der Waals surface area contributed by atoms with Gasteiger partial charge in [0.05, 0.1) is 17.6 Å². The summed E-state index contributed by atoms with van der Waals surface area (Å²) in [7, 11) is 0. The van der Waals surface area contributed by atoms with Crippen LogP contribution in [0.5, 0.6) is 11.5 Å². The van der Waals surface area contributed by atoms with Gasteiger partial charge in [-0.1, -0.05) is 24.3 Å². The lowest BCUT2D eigenvalue weighted by Gasteiger charge is -2.20. The topological polar surface area (TPSA) is 68.9 Å². The van der Waals surface area contributed by atoms with Crippen LogP contribution >= 0.6 is 0 Å². The van der Waals surface area contributed by atoms with Crippen LogP contribution in [0.3, 0.4) is 0 Å². The third kappa shape index (κ3) is 1.87. The molecule has 0 amide bonds. The quantitative estimate of drug-likeness (QED) is 0.747. The van der Waals surface area contributed by atoms with Crippen molar-refractivity contribution in [3.8, 4) is 22.8 Å². The molecule has 1 N–H and O–H groups in total. The predicted octanol–water partition coefficient (Wildman–Crippen LogP) is 3.03. The second-order valence-electron chi connectivity index (χ2n) is 5.01. The van der Waals surface area contributed by atoms with Gasteiger partial charge in [0, 0.05) is 5.56 Å². The van der Waals surface area contributed by atoms with Crippen LogP contribution in [-0.2, 0) is 11.3 Å². The maximum absolute atomic E-state index is 12.3. The van der Waals surface area contributed by atoms with E-state index in [0.717, 1.165) is 5.56 Å². The first-order chi connectivity index (χ1) is 10.8. The molecule has 0 radical (unpaired) electrons. The molecular weight excluding hydrogens is 284 g/mol. The molecule has 1 aliphatic rings. The Morgan fingerprint density at radius 3 is 2.82 bits per heavy atom. The third-order valence-corrected chi connectivity index (χ3v) is 3.66. The van der Waals surface area contributed by atoms with Crippen molar-refractivity contribution in [1.29, 1.82) is 0 Å². The van der Waals surface area contributed by atoms with E-state index in [9.17, 15) is 9.90 Å². The van der Waals surface area contributed by atoms with Crippen LogP contribution in [-0.4, -0.2) is 11.9 Å². The summed E-state index contributed by atoms with van der Waals surface area (Å²) >= 11 is 0. The molecule has 0 bridgehead atoms. The number of ether oxygens (including phenoxy) is 2. The number of benzene rings is 2. The molecule has 5 heteroatoms. The van der Waals surface area contributed by atoms with Gasteiger partial charge in [-0.05, 0) is 18.2 Å². The van der Waals surface area contributed by atoms with Gasteiger partial charge in [0.15, 0.2) is 12.6 Å². The van der Waals surface area contributed by atoms with Crippen LogP contribution in [0.15, 0.2) is 51.7 Å². The lowest BCUT2D eigenvalue weighted by molar-refractivity contribution is -0.0160. The molecule has 4 rings (SSSR count). The SMILES string of the molecule is O=c1c(O)c(-c2cccc3c2OCOC3)oc2ccccc12. The van der Waals surface area contributed by atoms with Gasteiger partial charge in [0.25, 0.3) is 0 Å². The van der Waals surface area contributed by atoms with E-state index in [0.29, 0.717) is 28.9 Å². The first-order valence-electron chi connectivity index (χ1n) is 6.83. The molecule has 0 atom stereocenters. The molecule has 0 aliphatic carbocycles. The normalized spacial score (nSPS) is 13.6. The minimum Gasteiger partial charge on any atom is -0.502 e. The molecule has 1 aromatic heterocycles. The van der Waals surface area contributed by atoms with Gasteiger partial charge in [0.2, 0.25) is 11.2 Å². The van der Waals surface area contributed by atoms with E-state index in [1.165, 1.54) is 0 Å². The van der Waals surface area contributed by atoms with E-state index in [1.807, 2.05) is 6.07 Å². The maximum atomic E-state index is 12.3. The Morgan fingerprint density at radius 1 is 1.05 bits per heavy atom. The highest BCUT2D eigenvalue weighted by Crippen LogP contribution is 2.39. The minimum atomic E-state index is -0.457. The summed E-state index contributed by atoms with van der Waals surface area (Å²) in [5.41, 5.74) is 1.35. The summed E-state index contributed by atoms with van der Waals surface area (Å²) in [5, 5.41) is 10.6. The Labute approximate surface area is 125 Å². The molecule has 2 aromatic carbocycles. The number of hydrogen-bond donors (Lipinski definition) is 1. The summed E-state index contributed by atoms with van der Waals surface area (Å²) in [6.45, 7) is 0.546. The standard InChI is InChI=1S/C17H12O5/c18-14-11-5-1-2-7-13(11)22-17(15(14)19)12-6-3-4-10-8-20-9-21-16(10)12/h1-7,19H,8-9H2. The fourth-order valence-corrected chi connectivity index (χ4v) is 2.61. The van der Waals surface area contributed by atoms with Crippen LogP contribution in [0.1, 0.15) is 5.56 Å². The molecule has 3 aromatic rings. The third-order valence-electron chi connectivity index (χ3n) is 3.66. The first kappa shape index (κ1) is 12.9. The summed E-state index contributed by atoms with van der Waals surface area (Å²) in [6.07, 6.45) is 0. The molecule has 5 nitrogen and oxygen atoms in total. The number of aromatic hydroxyl groups is 1. The van der Waals surface area contributed by atoms with Crippen LogP contribution < -0.4 is 10.2 Å². The van der Waals surface area contributed by atoms with Crippen LogP contribution in [0.4, 0.5) is 0 Å². The van der Waals surface area contributed by atoms with E-state index >= 15 is 0 Å². The molecule has 0 spiro atoms. The molecule has 0 fully saturated rings. The Kier molecular flexibility index (Phi) is 2.87. The predicted molar refractivity (Wildman–Crippen MR) is 79.9 cm³/mol. The fourth-order valence-electron chi connectivity index (χ4n) is 2.61. The molecule has 0 saturated heterocycles. The molecule has 0 saturated carbocycles. The van der Waals surface area contributed by atoms with Crippen molar-refractivity contribution in [2.75, 3.05) is 6.79 Å². The fraction of sp³-hybridized carbons (Fsp3) is 0.118. The molecule has 1 aliphatic heterocycles. The van der Waals surface area contributed by atoms with Gasteiger partial charge >= 0.3 is 0 Å². The number of fused-ring (bicyclic) bond motifs is 2. The van der Waals surface area contributed by atoms with Gasteiger partial charge in [-0.3, -0.25) is 4.79 Å². The van der Waals surface area contributed by atoms with Crippen molar-refractivity contribution in [3.05, 3.63) is 58.3 Å². The number of hydrogen-bond acceptors (Lipinski definition) is 5. The Hall–Kier alpha value is -2.79. The first-order valence-corrected chi connectivity index (χ1v) is 6.83. The van der Waals surface area contributed by atoms with Crippen molar-refractivity contribution in [3.63, 3.8) is 0 Å². The van der Waals surface area contributed by atoms with Crippen molar-refractivity contribution >= 4 is 11.0 Å². The summed E-state index contributed by atoms with van der Waals surface area (Å²) < 4.78 is 16.5. The van der Waals surface area contributed by atoms with E-state index < -0.39 is 11.2 Å². The van der Waals surface area contributed by atoms with Crippen LogP contribution in [0, 0.1) is 0 Å². The highest BCUT2D eigenvalue weighted by atomic mass is 16.7. The largest absolute Gasteiger partial charge is 0.502 e. The maximum Gasteiger partial charge on any atom is 0.235 e. The van der Waals surface area contributed by atoms with Crippen LogP contribution in [0.2, 0.25) is 0 Å². The molecular formula is C17H12O5. The minimum absolute atomic E-state index is 0.113. The smallest absolute Gasteiger partial charge is 0.235 e. The lowest BCUT2D eigenvalue weighted by Crippen LogP contribution is -2.12. The zero-order valence-electron chi connectivity index (χ0n) is 11.5. The Balaban J connectivity index is 2.03. The monoisotopic (exact) mass is 296 g/mol. The molecule has 0 unspecified atom stereocenters. The molecule has 22 heavy (non-hydrogen) atoms. The van der Waals surface area contributed by atoms with Crippen LogP contribution in [0.25, 0.3) is 22.3 Å². The van der Waals surface area contributed by atoms with Gasteiger partial charge < -0.3 is 19.0 Å². The number of rotatable bonds is 1. The van der Waals surface area contributed by atoms with Gasteiger partial charge in [-0.2, -0.15) is 0 Å². The zero-order valence-corrected chi connectivity index (χ0v) is 11.5. The van der Waals surface area contributed by atoms with Gasteiger partial charge in [0.1, 0.15) is 11.3 Å². The summed E-state index contributed by atoms with van der Waals surface area (Å²) in [4.78, 5) is 12.3. The van der Waals surface area contributed by atoms with Gasteiger partial charge in [-0.15, -0.1) is 0 Å². The highest BCUT2D eigenvalue weighted by Gasteiger charge is 2.22. The lowest BCUT2D eigenvalue weighted by atomic mass is 10.0. The summed E-state index contributed by atoms with van der Waals surface area (Å²) in [6, 6.07) is 12.2. The van der Waals surface area contributed by atoms with Gasteiger partial charge in [-0.25, -0.2) is 0 Å². The van der Waals surface area contributed by atoms with E-state index in [-0.39, 0.29) is 12.6 Å². The van der Waals surface area contributed by atoms with Crippen molar-refractivity contribution in [1.82, 2.24) is 0 Å². The molecule has 2 heterocycles. The Bertz CT molecular complexity index is 926. The average molecular weight is 296 g/mol. The van der Waals surface area contributed by atoms with Crippen molar-refractivity contribution in [2.45, 2.75) is 6.61 Å². The summed E-state index contributed by atoms with van der Waals surface area (Å²) in [5.74, 6) is 0.270.